The minimum absolute atomic E-state index is 0.0642. The molecule has 2 fully saturated rings. The lowest BCUT2D eigenvalue weighted by Crippen LogP contribution is -2.48. The lowest BCUT2D eigenvalue weighted by Gasteiger charge is -2.29. The van der Waals surface area contributed by atoms with Crippen molar-refractivity contribution in [3.05, 3.63) is 29.8 Å². The number of aryl methyl sites for hydroxylation is 1. The van der Waals surface area contributed by atoms with Gasteiger partial charge in [-0.3, -0.25) is 9.59 Å². The third kappa shape index (κ3) is 2.86. The number of rotatable bonds is 3. The first kappa shape index (κ1) is 15.0. The summed E-state index contributed by atoms with van der Waals surface area (Å²) in [5, 5.41) is 3.25. The standard InChI is InChI=1S/C17H23N3O2/c1-2-13-5-3-4-6-15(13)20-12-14(11-16(20)21)17(22)19-9-7-18-8-10-19/h3-6,14,18H,2,7-12H2,1H3. The molecule has 2 saturated heterocycles. The van der Waals surface area contributed by atoms with E-state index in [-0.39, 0.29) is 17.7 Å². The Morgan fingerprint density at radius 1 is 1.27 bits per heavy atom. The van der Waals surface area contributed by atoms with Crippen LogP contribution in [0.1, 0.15) is 18.9 Å². The molecule has 5 nitrogen and oxygen atoms in total. The molecule has 2 aliphatic heterocycles. The number of hydrogen-bond acceptors (Lipinski definition) is 3. The second kappa shape index (κ2) is 6.48. The van der Waals surface area contributed by atoms with Gasteiger partial charge in [0, 0.05) is 44.8 Å². The molecule has 0 spiro atoms. The zero-order valence-corrected chi connectivity index (χ0v) is 13.0. The van der Waals surface area contributed by atoms with Gasteiger partial charge in [0.25, 0.3) is 0 Å². The van der Waals surface area contributed by atoms with Crippen LogP contribution in [0.15, 0.2) is 24.3 Å². The Hall–Kier alpha value is -1.88. The fourth-order valence-corrected chi connectivity index (χ4v) is 3.32. The number of nitrogens with zero attached hydrogens (tertiary/aromatic N) is 2. The summed E-state index contributed by atoms with van der Waals surface area (Å²) in [6, 6.07) is 7.97. The van der Waals surface area contributed by atoms with E-state index in [9.17, 15) is 9.59 Å². The van der Waals surface area contributed by atoms with E-state index < -0.39 is 0 Å². The SMILES string of the molecule is CCc1ccccc1N1CC(C(=O)N2CCNCC2)CC1=O. The minimum Gasteiger partial charge on any atom is -0.340 e. The third-order valence-corrected chi connectivity index (χ3v) is 4.57. The lowest BCUT2D eigenvalue weighted by atomic mass is 10.1. The number of nitrogens with one attached hydrogen (secondary N) is 1. The maximum atomic E-state index is 12.6. The van der Waals surface area contributed by atoms with Gasteiger partial charge < -0.3 is 15.1 Å². The Bertz CT molecular complexity index is 567. The zero-order valence-electron chi connectivity index (χ0n) is 13.0. The Kier molecular flexibility index (Phi) is 4.43. The molecule has 2 heterocycles. The molecule has 0 saturated carbocycles. The zero-order chi connectivity index (χ0) is 15.5. The van der Waals surface area contributed by atoms with Gasteiger partial charge in [-0.15, -0.1) is 0 Å². The Balaban J connectivity index is 1.74. The predicted molar refractivity (Wildman–Crippen MR) is 85.7 cm³/mol. The van der Waals surface area contributed by atoms with E-state index in [1.165, 1.54) is 0 Å². The summed E-state index contributed by atoms with van der Waals surface area (Å²) in [6.07, 6.45) is 1.22. The number of carbonyl (C=O) groups excluding carboxylic acids is 2. The number of carbonyl (C=O) groups is 2. The number of anilines is 1. The third-order valence-electron chi connectivity index (χ3n) is 4.57. The van der Waals surface area contributed by atoms with E-state index in [1.54, 1.807) is 4.90 Å². The first-order valence-electron chi connectivity index (χ1n) is 8.08. The molecule has 0 radical (unpaired) electrons. The van der Waals surface area contributed by atoms with Gasteiger partial charge in [0.1, 0.15) is 0 Å². The summed E-state index contributed by atoms with van der Waals surface area (Å²) in [6.45, 7) is 5.77. The van der Waals surface area contributed by atoms with Crippen LogP contribution in [0.25, 0.3) is 0 Å². The smallest absolute Gasteiger partial charge is 0.228 e. The van der Waals surface area contributed by atoms with E-state index in [0.717, 1.165) is 43.9 Å². The van der Waals surface area contributed by atoms with Gasteiger partial charge >= 0.3 is 0 Å². The van der Waals surface area contributed by atoms with Crippen molar-refractivity contribution in [3.8, 4) is 0 Å². The summed E-state index contributed by atoms with van der Waals surface area (Å²) in [4.78, 5) is 28.7. The molecule has 2 amide bonds. The topological polar surface area (TPSA) is 52.7 Å². The first-order valence-corrected chi connectivity index (χ1v) is 8.08. The maximum Gasteiger partial charge on any atom is 0.228 e. The van der Waals surface area contributed by atoms with Crippen LogP contribution < -0.4 is 10.2 Å². The molecule has 22 heavy (non-hydrogen) atoms. The van der Waals surface area contributed by atoms with Crippen molar-refractivity contribution < 1.29 is 9.59 Å². The van der Waals surface area contributed by atoms with E-state index in [1.807, 2.05) is 29.2 Å². The molecule has 1 aromatic carbocycles. The summed E-state index contributed by atoms with van der Waals surface area (Å²) >= 11 is 0. The fourth-order valence-electron chi connectivity index (χ4n) is 3.32. The first-order chi connectivity index (χ1) is 10.7. The van der Waals surface area contributed by atoms with Gasteiger partial charge in [-0.1, -0.05) is 25.1 Å². The van der Waals surface area contributed by atoms with Crippen LogP contribution in [0.5, 0.6) is 0 Å². The molecule has 1 atom stereocenters. The van der Waals surface area contributed by atoms with Crippen LogP contribution >= 0.6 is 0 Å². The molecular formula is C17H23N3O2. The molecule has 1 aromatic rings. The highest BCUT2D eigenvalue weighted by molar-refractivity contribution is 6.00. The van der Waals surface area contributed by atoms with Gasteiger partial charge in [0.05, 0.1) is 5.92 Å². The van der Waals surface area contributed by atoms with Crippen molar-refractivity contribution in [2.75, 3.05) is 37.6 Å². The normalized spacial score (nSPS) is 22.2. The van der Waals surface area contributed by atoms with Gasteiger partial charge in [0.15, 0.2) is 0 Å². The average molecular weight is 301 g/mol. The number of piperazine rings is 1. The van der Waals surface area contributed by atoms with Gasteiger partial charge in [-0.05, 0) is 18.1 Å². The second-order valence-electron chi connectivity index (χ2n) is 5.96. The van der Waals surface area contributed by atoms with Crippen LogP contribution in [0, 0.1) is 5.92 Å². The highest BCUT2D eigenvalue weighted by Gasteiger charge is 2.37. The summed E-state index contributed by atoms with van der Waals surface area (Å²) in [5.41, 5.74) is 2.12. The van der Waals surface area contributed by atoms with Crippen molar-refractivity contribution >= 4 is 17.5 Å². The van der Waals surface area contributed by atoms with Crippen molar-refractivity contribution in [1.29, 1.82) is 0 Å². The minimum atomic E-state index is -0.199. The molecule has 118 valence electrons. The molecule has 1 N–H and O–H groups in total. The quantitative estimate of drug-likeness (QED) is 0.907. The number of hydrogen-bond donors (Lipinski definition) is 1. The molecular weight excluding hydrogens is 278 g/mol. The number of benzene rings is 1. The monoisotopic (exact) mass is 301 g/mol. The van der Waals surface area contributed by atoms with Gasteiger partial charge in [-0.25, -0.2) is 0 Å². The highest BCUT2D eigenvalue weighted by Crippen LogP contribution is 2.29. The molecule has 2 aliphatic rings. The summed E-state index contributed by atoms with van der Waals surface area (Å²) < 4.78 is 0. The Morgan fingerprint density at radius 3 is 2.73 bits per heavy atom. The van der Waals surface area contributed by atoms with E-state index in [0.29, 0.717) is 13.0 Å². The Morgan fingerprint density at radius 2 is 2.00 bits per heavy atom. The Labute approximate surface area is 131 Å². The number of para-hydroxylation sites is 1. The van der Waals surface area contributed by atoms with Gasteiger partial charge in [0.2, 0.25) is 11.8 Å². The fraction of sp³-hybridized carbons (Fsp3) is 0.529. The maximum absolute atomic E-state index is 12.6. The highest BCUT2D eigenvalue weighted by atomic mass is 16.2. The van der Waals surface area contributed by atoms with Crippen LogP contribution in [0.4, 0.5) is 5.69 Å². The van der Waals surface area contributed by atoms with E-state index >= 15 is 0 Å². The van der Waals surface area contributed by atoms with Crippen LogP contribution in [-0.2, 0) is 16.0 Å². The lowest BCUT2D eigenvalue weighted by molar-refractivity contribution is -0.136. The largest absolute Gasteiger partial charge is 0.340 e. The summed E-state index contributed by atoms with van der Waals surface area (Å²) in [7, 11) is 0. The van der Waals surface area contributed by atoms with E-state index in [4.69, 9.17) is 0 Å². The van der Waals surface area contributed by atoms with Gasteiger partial charge in [-0.2, -0.15) is 0 Å². The van der Waals surface area contributed by atoms with Crippen LogP contribution in [0.2, 0.25) is 0 Å². The summed E-state index contributed by atoms with van der Waals surface area (Å²) in [5.74, 6) is -0.00349. The van der Waals surface area contributed by atoms with Crippen molar-refractivity contribution in [3.63, 3.8) is 0 Å². The predicted octanol–water partition coefficient (Wildman–Crippen LogP) is 1.03. The van der Waals surface area contributed by atoms with E-state index in [2.05, 4.69) is 12.2 Å². The van der Waals surface area contributed by atoms with Crippen molar-refractivity contribution in [2.45, 2.75) is 19.8 Å². The van der Waals surface area contributed by atoms with Crippen LogP contribution in [-0.4, -0.2) is 49.4 Å². The molecule has 0 aromatic heterocycles. The average Bonchev–Trinajstić information content (AvgIpc) is 2.96. The molecule has 5 heteroatoms. The van der Waals surface area contributed by atoms with Crippen LogP contribution in [0.3, 0.4) is 0 Å². The van der Waals surface area contributed by atoms with Crippen molar-refractivity contribution in [2.24, 2.45) is 5.92 Å². The second-order valence-corrected chi connectivity index (χ2v) is 5.96. The molecule has 0 bridgehead atoms. The number of amides is 2. The van der Waals surface area contributed by atoms with Crippen molar-refractivity contribution in [1.82, 2.24) is 10.2 Å². The molecule has 1 unspecified atom stereocenters. The molecule has 3 rings (SSSR count). The molecule has 0 aliphatic carbocycles.